The fourth-order valence-electron chi connectivity index (χ4n) is 0.954. The second-order valence-corrected chi connectivity index (χ2v) is 5.21. The monoisotopic (exact) mass is 216 g/mol. The molecule has 1 atom stereocenters. The summed E-state index contributed by atoms with van der Waals surface area (Å²) in [5.41, 5.74) is 0. The van der Waals surface area contributed by atoms with Gasteiger partial charge in [-0.3, -0.25) is 9.00 Å². The van der Waals surface area contributed by atoms with Crippen LogP contribution in [0.1, 0.15) is 23.0 Å². The lowest BCUT2D eigenvalue weighted by molar-refractivity contribution is 0.102. The highest BCUT2D eigenvalue weighted by molar-refractivity contribution is 7.85. The molecule has 2 nitrogen and oxygen atoms in total. The van der Waals surface area contributed by atoms with Gasteiger partial charge in [-0.15, -0.1) is 11.3 Å². The second-order valence-electron chi connectivity index (χ2n) is 2.69. The highest BCUT2D eigenvalue weighted by Gasteiger charge is 2.10. The van der Waals surface area contributed by atoms with Gasteiger partial charge >= 0.3 is 0 Å². The van der Waals surface area contributed by atoms with Crippen LogP contribution in [-0.4, -0.2) is 21.5 Å². The largest absolute Gasteiger partial charge is 0.292 e. The SMILES string of the molecule is CCCS(=O)CC(=O)c1cccs1. The average Bonchev–Trinajstić information content (AvgIpc) is 2.55. The van der Waals surface area contributed by atoms with Crippen LogP contribution in [0.25, 0.3) is 0 Å². The normalized spacial score (nSPS) is 12.7. The molecule has 0 aliphatic rings. The first-order chi connectivity index (χ1) is 6.24. The van der Waals surface area contributed by atoms with Gasteiger partial charge in [0.25, 0.3) is 0 Å². The second kappa shape index (κ2) is 5.29. The molecule has 1 aromatic rings. The zero-order valence-electron chi connectivity index (χ0n) is 7.49. The number of rotatable bonds is 5. The summed E-state index contributed by atoms with van der Waals surface area (Å²) in [6, 6.07) is 3.61. The third-order valence-corrected chi connectivity index (χ3v) is 3.88. The van der Waals surface area contributed by atoms with Gasteiger partial charge in [0.1, 0.15) is 0 Å². The molecule has 0 aromatic carbocycles. The molecule has 0 saturated carbocycles. The van der Waals surface area contributed by atoms with Crippen molar-refractivity contribution in [2.45, 2.75) is 13.3 Å². The van der Waals surface area contributed by atoms with E-state index in [9.17, 15) is 9.00 Å². The summed E-state index contributed by atoms with van der Waals surface area (Å²) in [4.78, 5) is 12.1. The summed E-state index contributed by atoms with van der Waals surface area (Å²) < 4.78 is 11.2. The highest BCUT2D eigenvalue weighted by Crippen LogP contribution is 2.09. The molecule has 0 spiro atoms. The maximum atomic E-state index is 11.4. The van der Waals surface area contributed by atoms with Crippen molar-refractivity contribution in [1.29, 1.82) is 0 Å². The zero-order valence-corrected chi connectivity index (χ0v) is 9.12. The summed E-state index contributed by atoms with van der Waals surface area (Å²) in [6.45, 7) is 1.97. The molecule has 0 bridgehead atoms. The average molecular weight is 216 g/mol. The Morgan fingerprint density at radius 3 is 2.92 bits per heavy atom. The Morgan fingerprint density at radius 1 is 1.62 bits per heavy atom. The van der Waals surface area contributed by atoms with Crippen LogP contribution in [0, 0.1) is 0 Å². The molecule has 0 saturated heterocycles. The number of hydrogen-bond donors (Lipinski definition) is 0. The number of carbonyl (C=O) groups excluding carboxylic acids is 1. The van der Waals surface area contributed by atoms with Crippen LogP contribution in [0.4, 0.5) is 0 Å². The minimum atomic E-state index is -0.978. The van der Waals surface area contributed by atoms with Crippen molar-refractivity contribution in [3.05, 3.63) is 22.4 Å². The third kappa shape index (κ3) is 3.40. The Bertz CT molecular complexity index is 291. The van der Waals surface area contributed by atoms with E-state index in [1.54, 1.807) is 6.07 Å². The first-order valence-electron chi connectivity index (χ1n) is 4.15. The summed E-state index contributed by atoms with van der Waals surface area (Å²) >= 11 is 1.41. The van der Waals surface area contributed by atoms with E-state index in [1.807, 2.05) is 18.4 Å². The molecule has 0 aliphatic heterocycles. The van der Waals surface area contributed by atoms with E-state index < -0.39 is 10.8 Å². The quantitative estimate of drug-likeness (QED) is 0.706. The van der Waals surface area contributed by atoms with Gasteiger partial charge in [-0.25, -0.2) is 0 Å². The fraction of sp³-hybridized carbons (Fsp3) is 0.444. The van der Waals surface area contributed by atoms with Crippen molar-refractivity contribution in [3.63, 3.8) is 0 Å². The number of carbonyl (C=O) groups is 1. The lowest BCUT2D eigenvalue weighted by Crippen LogP contribution is -2.11. The van der Waals surface area contributed by atoms with Crippen molar-refractivity contribution in [2.24, 2.45) is 0 Å². The molecule has 0 N–H and O–H groups in total. The van der Waals surface area contributed by atoms with Gasteiger partial charge in [-0.1, -0.05) is 13.0 Å². The van der Waals surface area contributed by atoms with Crippen molar-refractivity contribution < 1.29 is 9.00 Å². The van der Waals surface area contributed by atoms with Gasteiger partial charge in [0.05, 0.1) is 10.6 Å². The van der Waals surface area contributed by atoms with E-state index in [0.717, 1.165) is 6.42 Å². The predicted molar refractivity (Wildman–Crippen MR) is 56.8 cm³/mol. The molecule has 13 heavy (non-hydrogen) atoms. The van der Waals surface area contributed by atoms with Gasteiger partial charge in [0.2, 0.25) is 0 Å². The van der Waals surface area contributed by atoms with Crippen LogP contribution < -0.4 is 0 Å². The van der Waals surface area contributed by atoms with Crippen LogP contribution in [0.2, 0.25) is 0 Å². The van der Waals surface area contributed by atoms with Crippen molar-refractivity contribution in [3.8, 4) is 0 Å². The maximum absolute atomic E-state index is 11.4. The van der Waals surface area contributed by atoms with Gasteiger partial charge in [-0.2, -0.15) is 0 Å². The smallest absolute Gasteiger partial charge is 0.185 e. The van der Waals surface area contributed by atoms with E-state index in [-0.39, 0.29) is 11.5 Å². The summed E-state index contributed by atoms with van der Waals surface area (Å²) in [7, 11) is -0.978. The first-order valence-corrected chi connectivity index (χ1v) is 6.52. The first kappa shape index (κ1) is 10.6. The minimum absolute atomic E-state index is 0.00165. The summed E-state index contributed by atoms with van der Waals surface area (Å²) in [6.07, 6.45) is 0.865. The standard InChI is InChI=1S/C9H12O2S2/c1-2-6-13(11)7-8(10)9-4-3-5-12-9/h3-5H,2,6-7H2,1H3. The molecular weight excluding hydrogens is 204 g/mol. The van der Waals surface area contributed by atoms with E-state index in [4.69, 9.17) is 0 Å². The molecule has 1 rings (SSSR count). The number of thiophene rings is 1. The van der Waals surface area contributed by atoms with Crippen LogP contribution in [0.15, 0.2) is 17.5 Å². The Balaban J connectivity index is 2.47. The Kier molecular flexibility index (Phi) is 4.32. The molecule has 1 heterocycles. The number of ketones is 1. The molecule has 72 valence electrons. The Morgan fingerprint density at radius 2 is 2.38 bits per heavy atom. The molecule has 0 radical (unpaired) electrons. The summed E-state index contributed by atoms with van der Waals surface area (Å²) in [5.74, 6) is 0.799. The summed E-state index contributed by atoms with van der Waals surface area (Å²) in [5, 5.41) is 1.86. The van der Waals surface area contributed by atoms with E-state index >= 15 is 0 Å². The highest BCUT2D eigenvalue weighted by atomic mass is 32.2. The minimum Gasteiger partial charge on any atom is -0.292 e. The van der Waals surface area contributed by atoms with Crippen LogP contribution in [-0.2, 0) is 10.8 Å². The Hall–Kier alpha value is -0.480. The lowest BCUT2D eigenvalue weighted by Gasteiger charge is -1.97. The van der Waals surface area contributed by atoms with E-state index in [1.165, 1.54) is 11.3 Å². The van der Waals surface area contributed by atoms with Crippen molar-refractivity contribution >= 4 is 27.9 Å². The lowest BCUT2D eigenvalue weighted by atomic mass is 10.4. The van der Waals surface area contributed by atoms with Crippen molar-refractivity contribution in [1.82, 2.24) is 0 Å². The van der Waals surface area contributed by atoms with Crippen LogP contribution in [0.5, 0.6) is 0 Å². The zero-order chi connectivity index (χ0) is 9.68. The topological polar surface area (TPSA) is 34.1 Å². The van der Waals surface area contributed by atoms with E-state index in [0.29, 0.717) is 10.6 Å². The maximum Gasteiger partial charge on any atom is 0.185 e. The van der Waals surface area contributed by atoms with Crippen LogP contribution in [0.3, 0.4) is 0 Å². The molecule has 1 unspecified atom stereocenters. The molecule has 0 aliphatic carbocycles. The van der Waals surface area contributed by atoms with Gasteiger partial charge < -0.3 is 0 Å². The third-order valence-electron chi connectivity index (χ3n) is 1.52. The molecule has 1 aromatic heterocycles. The van der Waals surface area contributed by atoms with Gasteiger partial charge in [0, 0.05) is 16.6 Å². The van der Waals surface area contributed by atoms with Crippen molar-refractivity contribution in [2.75, 3.05) is 11.5 Å². The van der Waals surface area contributed by atoms with Crippen LogP contribution >= 0.6 is 11.3 Å². The number of hydrogen-bond acceptors (Lipinski definition) is 3. The number of Topliss-reactive ketones (excluding diaryl/α,β-unsaturated/α-hetero) is 1. The van der Waals surface area contributed by atoms with Gasteiger partial charge in [-0.05, 0) is 17.9 Å². The molecular formula is C9H12O2S2. The van der Waals surface area contributed by atoms with Gasteiger partial charge in [0.15, 0.2) is 5.78 Å². The van der Waals surface area contributed by atoms with E-state index in [2.05, 4.69) is 0 Å². The molecule has 4 heteroatoms. The molecule has 0 amide bonds. The molecule has 0 fully saturated rings. The Labute approximate surface area is 84.4 Å². The fourth-order valence-corrected chi connectivity index (χ4v) is 2.76. The predicted octanol–water partition coefficient (Wildman–Crippen LogP) is 2.09.